The zero-order valence-corrected chi connectivity index (χ0v) is 17.8. The summed E-state index contributed by atoms with van der Waals surface area (Å²) in [4.78, 5) is 8.77. The lowest BCUT2D eigenvalue weighted by Crippen LogP contribution is -2.38. The second kappa shape index (κ2) is 9.55. The average molecular weight is 371 g/mol. The van der Waals surface area contributed by atoms with Gasteiger partial charge in [-0.3, -0.25) is 9.67 Å². The number of hydrogen-bond acceptors (Lipinski definition) is 3. The molecule has 2 aromatic rings. The van der Waals surface area contributed by atoms with Gasteiger partial charge in [0.2, 0.25) is 0 Å². The van der Waals surface area contributed by atoms with Crippen molar-refractivity contribution in [1.82, 2.24) is 24.9 Å². The topological polar surface area (TPSA) is 48.7 Å². The van der Waals surface area contributed by atoms with E-state index in [1.807, 2.05) is 18.8 Å². The van der Waals surface area contributed by atoms with Crippen molar-refractivity contribution in [1.29, 1.82) is 0 Å². The highest BCUT2D eigenvalue weighted by atomic mass is 15.3. The molecule has 0 amide bonds. The Morgan fingerprint density at radius 1 is 1.19 bits per heavy atom. The van der Waals surface area contributed by atoms with Gasteiger partial charge in [0.15, 0.2) is 5.96 Å². The first-order valence-corrected chi connectivity index (χ1v) is 9.47. The minimum atomic E-state index is 0.406. The Kier molecular flexibility index (Phi) is 7.42. The molecule has 148 valence electrons. The van der Waals surface area contributed by atoms with Crippen LogP contribution in [0, 0.1) is 0 Å². The molecule has 0 unspecified atom stereocenters. The number of aromatic nitrogens is 2. The molecule has 1 heterocycles. The predicted octanol–water partition coefficient (Wildman–Crippen LogP) is 2.81. The van der Waals surface area contributed by atoms with Crippen LogP contribution in [-0.2, 0) is 26.7 Å². The molecule has 0 aliphatic carbocycles. The number of aryl methyl sites for hydroxylation is 1. The number of benzene rings is 1. The highest BCUT2D eigenvalue weighted by Crippen LogP contribution is 2.18. The summed E-state index contributed by atoms with van der Waals surface area (Å²) in [6, 6.07) is 8.68. The zero-order valence-electron chi connectivity index (χ0n) is 17.8. The predicted molar refractivity (Wildman–Crippen MR) is 113 cm³/mol. The van der Waals surface area contributed by atoms with Gasteiger partial charge in [0.05, 0.1) is 5.69 Å². The number of hydrogen-bond donors (Lipinski definition) is 1. The molecule has 0 aliphatic heterocycles. The van der Waals surface area contributed by atoms with Gasteiger partial charge in [-0.2, -0.15) is 5.10 Å². The summed E-state index contributed by atoms with van der Waals surface area (Å²) in [5.41, 5.74) is 4.97. The van der Waals surface area contributed by atoms with E-state index in [-0.39, 0.29) is 0 Å². The third-order valence-corrected chi connectivity index (χ3v) is 4.41. The smallest absolute Gasteiger partial charge is 0.193 e. The highest BCUT2D eigenvalue weighted by molar-refractivity contribution is 5.79. The summed E-state index contributed by atoms with van der Waals surface area (Å²) in [5.74, 6) is 1.29. The molecular weight excluding hydrogens is 336 g/mol. The molecule has 0 radical (unpaired) electrons. The van der Waals surface area contributed by atoms with E-state index < -0.39 is 0 Å². The van der Waals surface area contributed by atoms with Gasteiger partial charge in [0.25, 0.3) is 0 Å². The van der Waals surface area contributed by atoms with Crippen LogP contribution in [0.4, 0.5) is 0 Å². The minimum Gasteiger partial charge on any atom is -0.352 e. The van der Waals surface area contributed by atoms with Crippen LogP contribution in [0.15, 0.2) is 35.5 Å². The van der Waals surface area contributed by atoms with Crippen LogP contribution in [0.2, 0.25) is 0 Å². The van der Waals surface area contributed by atoms with Crippen molar-refractivity contribution < 1.29 is 0 Å². The van der Waals surface area contributed by atoms with Crippen LogP contribution < -0.4 is 5.32 Å². The molecule has 0 aliphatic rings. The molecule has 1 aromatic heterocycles. The van der Waals surface area contributed by atoms with Gasteiger partial charge < -0.3 is 15.1 Å². The van der Waals surface area contributed by atoms with Crippen molar-refractivity contribution in [3.8, 4) is 0 Å². The van der Waals surface area contributed by atoms with Crippen molar-refractivity contribution >= 4 is 5.96 Å². The fourth-order valence-corrected chi connectivity index (χ4v) is 3.26. The van der Waals surface area contributed by atoms with E-state index in [0.29, 0.717) is 5.92 Å². The van der Waals surface area contributed by atoms with Crippen molar-refractivity contribution in [3.05, 3.63) is 52.8 Å². The second-order valence-electron chi connectivity index (χ2n) is 7.68. The van der Waals surface area contributed by atoms with Crippen LogP contribution in [-0.4, -0.2) is 53.7 Å². The normalized spacial score (nSPS) is 12.1. The standard InChI is InChI=1S/C21H34N6/c1-16(2)20-19(15-27(7)24-20)14-26(6)21(22-3)23-12-17-9-8-10-18(11-17)13-25(4)5/h8-11,15-16H,12-14H2,1-7H3,(H,22,23). The van der Waals surface area contributed by atoms with Crippen LogP contribution in [0.3, 0.4) is 0 Å². The van der Waals surface area contributed by atoms with Crippen molar-refractivity contribution in [2.24, 2.45) is 12.0 Å². The lowest BCUT2D eigenvalue weighted by Gasteiger charge is -2.22. The average Bonchev–Trinajstić information content (AvgIpc) is 2.95. The first-order valence-electron chi connectivity index (χ1n) is 9.47. The number of guanidine groups is 1. The first-order chi connectivity index (χ1) is 12.8. The van der Waals surface area contributed by atoms with Crippen LogP contribution in [0.1, 0.15) is 42.1 Å². The Balaban J connectivity index is 2.01. The van der Waals surface area contributed by atoms with Gasteiger partial charge in [0.1, 0.15) is 0 Å². The number of rotatable bonds is 7. The largest absolute Gasteiger partial charge is 0.352 e. The van der Waals surface area contributed by atoms with E-state index in [1.165, 1.54) is 16.7 Å². The Bertz CT molecular complexity index is 760. The Hall–Kier alpha value is -2.34. The van der Waals surface area contributed by atoms with Gasteiger partial charge in [-0.15, -0.1) is 0 Å². The number of nitrogens with one attached hydrogen (secondary N) is 1. The molecule has 0 saturated carbocycles. The van der Waals surface area contributed by atoms with Gasteiger partial charge >= 0.3 is 0 Å². The van der Waals surface area contributed by atoms with Gasteiger partial charge in [-0.05, 0) is 31.1 Å². The molecular formula is C21H34N6. The molecule has 1 N–H and O–H groups in total. The van der Waals surface area contributed by atoms with E-state index in [1.54, 1.807) is 0 Å². The molecule has 0 spiro atoms. The Labute approximate surface area is 163 Å². The highest BCUT2D eigenvalue weighted by Gasteiger charge is 2.15. The molecule has 1 aromatic carbocycles. The first kappa shape index (κ1) is 21.0. The van der Waals surface area contributed by atoms with E-state index in [4.69, 9.17) is 0 Å². The van der Waals surface area contributed by atoms with Crippen LogP contribution in [0.25, 0.3) is 0 Å². The van der Waals surface area contributed by atoms with Gasteiger partial charge in [-0.1, -0.05) is 38.1 Å². The molecule has 6 nitrogen and oxygen atoms in total. The molecule has 0 fully saturated rings. The summed E-state index contributed by atoms with van der Waals surface area (Å²) >= 11 is 0. The fourth-order valence-electron chi connectivity index (χ4n) is 3.26. The van der Waals surface area contributed by atoms with Crippen molar-refractivity contribution in [3.63, 3.8) is 0 Å². The van der Waals surface area contributed by atoms with E-state index in [2.05, 4.69) is 90.7 Å². The van der Waals surface area contributed by atoms with Gasteiger partial charge in [-0.25, -0.2) is 0 Å². The molecule has 0 atom stereocenters. The molecule has 27 heavy (non-hydrogen) atoms. The summed E-state index contributed by atoms with van der Waals surface area (Å²) in [6.07, 6.45) is 2.10. The van der Waals surface area contributed by atoms with E-state index in [0.717, 1.165) is 31.3 Å². The number of nitrogens with zero attached hydrogens (tertiary/aromatic N) is 5. The van der Waals surface area contributed by atoms with Gasteiger partial charge in [0, 0.05) is 52.5 Å². The molecule has 0 bridgehead atoms. The Morgan fingerprint density at radius 2 is 1.89 bits per heavy atom. The van der Waals surface area contributed by atoms with Crippen LogP contribution >= 0.6 is 0 Å². The molecule has 2 rings (SSSR count). The minimum absolute atomic E-state index is 0.406. The maximum absolute atomic E-state index is 4.60. The SMILES string of the molecule is CN=C(NCc1cccc(CN(C)C)c1)N(C)Cc1cn(C)nc1C(C)C. The third kappa shape index (κ3) is 6.10. The van der Waals surface area contributed by atoms with E-state index in [9.17, 15) is 0 Å². The summed E-state index contributed by atoms with van der Waals surface area (Å²) < 4.78 is 1.89. The van der Waals surface area contributed by atoms with Crippen LogP contribution in [0.5, 0.6) is 0 Å². The summed E-state index contributed by atoms with van der Waals surface area (Å²) in [7, 11) is 10.0. The maximum Gasteiger partial charge on any atom is 0.193 e. The van der Waals surface area contributed by atoms with Crippen molar-refractivity contribution in [2.75, 3.05) is 28.2 Å². The molecule has 6 heteroatoms. The third-order valence-electron chi connectivity index (χ3n) is 4.41. The molecule has 0 saturated heterocycles. The fraction of sp³-hybridized carbons (Fsp3) is 0.524. The zero-order chi connectivity index (χ0) is 20.0. The monoisotopic (exact) mass is 370 g/mol. The summed E-state index contributed by atoms with van der Waals surface area (Å²) in [5, 5.41) is 8.08. The van der Waals surface area contributed by atoms with E-state index >= 15 is 0 Å². The summed E-state index contributed by atoms with van der Waals surface area (Å²) in [6.45, 7) is 6.84. The lowest BCUT2D eigenvalue weighted by molar-refractivity contribution is 0.402. The van der Waals surface area contributed by atoms with Crippen molar-refractivity contribution in [2.45, 2.75) is 39.4 Å². The maximum atomic E-state index is 4.60. The number of aliphatic imine (C=N–C) groups is 1. The lowest BCUT2D eigenvalue weighted by atomic mass is 10.1. The Morgan fingerprint density at radius 3 is 2.52 bits per heavy atom. The quantitative estimate of drug-likeness (QED) is 0.601. The second-order valence-corrected chi connectivity index (χ2v) is 7.68.